The number of halogens is 1. The summed E-state index contributed by atoms with van der Waals surface area (Å²) in [5.41, 5.74) is -0.880. The Morgan fingerprint density at radius 2 is 2.00 bits per heavy atom. The van der Waals surface area contributed by atoms with Crippen molar-refractivity contribution in [2.45, 2.75) is 51.7 Å². The Morgan fingerprint density at radius 1 is 1.32 bits per heavy atom. The van der Waals surface area contributed by atoms with Gasteiger partial charge in [-0.2, -0.15) is 0 Å². The summed E-state index contributed by atoms with van der Waals surface area (Å²) in [4.78, 5) is 26.5. The van der Waals surface area contributed by atoms with E-state index in [-0.39, 0.29) is 23.4 Å². The van der Waals surface area contributed by atoms with Gasteiger partial charge < -0.3 is 10.4 Å². The van der Waals surface area contributed by atoms with Crippen LogP contribution in [0.2, 0.25) is 0 Å². The zero-order chi connectivity index (χ0) is 18.4. The molecule has 1 heterocycles. The van der Waals surface area contributed by atoms with Crippen molar-refractivity contribution in [2.24, 2.45) is 11.3 Å². The van der Waals surface area contributed by atoms with Crippen LogP contribution in [0, 0.1) is 17.2 Å². The molecule has 1 saturated heterocycles. The van der Waals surface area contributed by atoms with Crippen molar-refractivity contribution in [3.8, 4) is 0 Å². The van der Waals surface area contributed by atoms with Gasteiger partial charge in [0.25, 0.3) is 5.91 Å². The molecule has 2 aliphatic rings. The summed E-state index contributed by atoms with van der Waals surface area (Å²) < 4.78 is 13.8. The number of hydrogen-bond acceptors (Lipinski definition) is 3. The maximum atomic E-state index is 13.8. The zero-order valence-corrected chi connectivity index (χ0v) is 14.9. The van der Waals surface area contributed by atoms with Crippen molar-refractivity contribution in [3.05, 3.63) is 35.6 Å². The highest BCUT2D eigenvalue weighted by Gasteiger charge is 2.56. The molecule has 1 spiro atoms. The van der Waals surface area contributed by atoms with Crippen LogP contribution in [-0.4, -0.2) is 34.0 Å². The van der Waals surface area contributed by atoms with Crippen LogP contribution in [0.1, 0.15) is 51.7 Å². The Balaban J connectivity index is 1.81. The van der Waals surface area contributed by atoms with Crippen LogP contribution in [0.25, 0.3) is 0 Å². The largest absolute Gasteiger partial charge is 0.386 e. The molecule has 25 heavy (non-hydrogen) atoms. The van der Waals surface area contributed by atoms with Gasteiger partial charge in [0, 0.05) is 5.56 Å². The van der Waals surface area contributed by atoms with Crippen molar-refractivity contribution in [3.63, 3.8) is 0 Å². The third-order valence-electron chi connectivity index (χ3n) is 5.24. The van der Waals surface area contributed by atoms with Crippen LogP contribution in [-0.2, 0) is 4.79 Å². The lowest BCUT2D eigenvalue weighted by atomic mass is 9.64. The van der Waals surface area contributed by atoms with E-state index in [1.807, 2.05) is 0 Å². The van der Waals surface area contributed by atoms with Crippen molar-refractivity contribution >= 4 is 11.9 Å². The molecular formula is C19H25FN2O3. The van der Waals surface area contributed by atoms with Crippen molar-refractivity contribution in [1.29, 1.82) is 0 Å². The van der Waals surface area contributed by atoms with E-state index in [4.69, 9.17) is 0 Å². The molecule has 0 aromatic heterocycles. The Morgan fingerprint density at radius 3 is 2.64 bits per heavy atom. The highest BCUT2D eigenvalue weighted by Crippen LogP contribution is 2.46. The number of nitrogens with zero attached hydrogens (tertiary/aromatic N) is 1. The molecule has 3 rings (SSSR count). The molecule has 0 bridgehead atoms. The third-order valence-corrected chi connectivity index (χ3v) is 5.24. The maximum Gasteiger partial charge on any atom is 0.325 e. The van der Waals surface area contributed by atoms with Crippen molar-refractivity contribution in [2.75, 3.05) is 6.54 Å². The fraction of sp³-hybridized carbons (Fsp3) is 0.579. The lowest BCUT2D eigenvalue weighted by molar-refractivity contribution is -0.135. The molecule has 1 aromatic carbocycles. The van der Waals surface area contributed by atoms with Gasteiger partial charge in [-0.25, -0.2) is 9.18 Å². The first-order valence-corrected chi connectivity index (χ1v) is 8.70. The van der Waals surface area contributed by atoms with E-state index in [1.165, 1.54) is 18.2 Å². The molecule has 1 saturated carbocycles. The second-order valence-electron chi connectivity index (χ2n) is 8.32. The summed E-state index contributed by atoms with van der Waals surface area (Å²) in [7, 11) is 0. The van der Waals surface area contributed by atoms with Crippen LogP contribution < -0.4 is 5.32 Å². The highest BCUT2D eigenvalue weighted by atomic mass is 19.1. The van der Waals surface area contributed by atoms with Gasteiger partial charge in [0.15, 0.2) is 0 Å². The number of urea groups is 1. The fourth-order valence-electron chi connectivity index (χ4n) is 4.69. The predicted octanol–water partition coefficient (Wildman–Crippen LogP) is 3.00. The average Bonchev–Trinajstić information content (AvgIpc) is 2.69. The van der Waals surface area contributed by atoms with Crippen LogP contribution in [0.5, 0.6) is 0 Å². The molecule has 0 radical (unpaired) electrons. The summed E-state index contributed by atoms with van der Waals surface area (Å²) in [6, 6.07) is 5.34. The fourth-order valence-corrected chi connectivity index (χ4v) is 4.69. The SMILES string of the molecule is CC1CC(C)(C)CC2(C1)NC(=O)N(CC(O)c1ccccc1F)C2=O. The molecule has 6 heteroatoms. The molecule has 5 nitrogen and oxygen atoms in total. The first-order valence-electron chi connectivity index (χ1n) is 8.70. The van der Waals surface area contributed by atoms with E-state index in [1.54, 1.807) is 6.07 Å². The number of hydrogen-bond donors (Lipinski definition) is 2. The van der Waals surface area contributed by atoms with E-state index < -0.39 is 23.5 Å². The number of β-amino-alcohol motifs (C(OH)–C–C–N with tert-alkyl or cyclic N) is 1. The van der Waals surface area contributed by atoms with Crippen molar-refractivity contribution < 1.29 is 19.1 Å². The van der Waals surface area contributed by atoms with Gasteiger partial charge >= 0.3 is 6.03 Å². The highest BCUT2D eigenvalue weighted by molar-refractivity contribution is 6.07. The monoisotopic (exact) mass is 348 g/mol. The Hall–Kier alpha value is -1.95. The minimum Gasteiger partial charge on any atom is -0.386 e. The lowest BCUT2D eigenvalue weighted by Gasteiger charge is -2.43. The van der Waals surface area contributed by atoms with Gasteiger partial charge in [-0.05, 0) is 36.7 Å². The van der Waals surface area contributed by atoms with E-state index in [0.717, 1.165) is 11.3 Å². The summed E-state index contributed by atoms with van der Waals surface area (Å²) in [6.07, 6.45) is 0.907. The van der Waals surface area contributed by atoms with E-state index in [2.05, 4.69) is 26.1 Å². The normalized spacial score (nSPS) is 29.8. The Labute approximate surface area is 147 Å². The average molecular weight is 348 g/mol. The van der Waals surface area contributed by atoms with Crippen LogP contribution in [0.3, 0.4) is 0 Å². The van der Waals surface area contributed by atoms with Crippen molar-refractivity contribution in [1.82, 2.24) is 10.2 Å². The number of carbonyl (C=O) groups excluding carboxylic acids is 2. The molecule has 3 amide bonds. The van der Waals surface area contributed by atoms with Gasteiger partial charge in [-0.15, -0.1) is 0 Å². The number of rotatable bonds is 3. The number of amides is 3. The molecule has 2 fully saturated rings. The van der Waals surface area contributed by atoms with E-state index in [9.17, 15) is 19.1 Å². The van der Waals surface area contributed by atoms with E-state index >= 15 is 0 Å². The third kappa shape index (κ3) is 3.27. The number of aliphatic hydroxyl groups is 1. The zero-order valence-electron chi connectivity index (χ0n) is 14.9. The summed E-state index contributed by atoms with van der Waals surface area (Å²) >= 11 is 0. The quantitative estimate of drug-likeness (QED) is 0.825. The first-order chi connectivity index (χ1) is 11.6. The smallest absolute Gasteiger partial charge is 0.325 e. The molecule has 3 atom stereocenters. The van der Waals surface area contributed by atoms with Gasteiger partial charge in [0.05, 0.1) is 12.6 Å². The lowest BCUT2D eigenvalue weighted by Crippen LogP contribution is -2.54. The van der Waals surface area contributed by atoms with Gasteiger partial charge in [-0.1, -0.05) is 39.0 Å². The number of aliphatic hydroxyl groups excluding tert-OH is 1. The number of carbonyl (C=O) groups is 2. The van der Waals surface area contributed by atoms with Crippen LogP contribution >= 0.6 is 0 Å². The van der Waals surface area contributed by atoms with E-state index in [0.29, 0.717) is 18.8 Å². The number of nitrogens with one attached hydrogen (secondary N) is 1. The van der Waals surface area contributed by atoms with Gasteiger partial charge in [-0.3, -0.25) is 9.69 Å². The molecule has 136 valence electrons. The maximum absolute atomic E-state index is 13.8. The van der Waals surface area contributed by atoms with Gasteiger partial charge in [0.1, 0.15) is 11.4 Å². The second-order valence-corrected chi connectivity index (χ2v) is 8.32. The first kappa shape index (κ1) is 17.9. The molecule has 3 unspecified atom stereocenters. The van der Waals surface area contributed by atoms with Crippen LogP contribution in [0.4, 0.5) is 9.18 Å². The Bertz CT molecular complexity index is 706. The summed E-state index contributed by atoms with van der Waals surface area (Å²) in [5, 5.41) is 13.2. The van der Waals surface area contributed by atoms with Gasteiger partial charge in [0.2, 0.25) is 0 Å². The summed E-state index contributed by atoms with van der Waals surface area (Å²) in [5.74, 6) is -0.554. The number of imide groups is 1. The predicted molar refractivity (Wildman–Crippen MR) is 91.1 cm³/mol. The molecule has 1 aliphatic heterocycles. The summed E-state index contributed by atoms with van der Waals surface area (Å²) in [6.45, 7) is 6.03. The molecule has 1 aliphatic carbocycles. The minimum absolute atomic E-state index is 0.0548. The standard InChI is InChI=1S/C19H25FN2O3/c1-12-8-18(2,3)11-19(9-12)16(24)22(17(25)21-19)10-15(23)13-6-4-5-7-14(13)20/h4-7,12,15,23H,8-11H2,1-3H3,(H,21,25). The second kappa shape index (κ2) is 6.09. The molecule has 1 aromatic rings. The minimum atomic E-state index is -1.25. The Kier molecular flexibility index (Phi) is 4.35. The molecular weight excluding hydrogens is 323 g/mol. The number of benzene rings is 1. The van der Waals surface area contributed by atoms with Crippen LogP contribution in [0.15, 0.2) is 24.3 Å². The topological polar surface area (TPSA) is 69.6 Å². The molecule has 2 N–H and O–H groups in total.